The molecule has 0 saturated carbocycles. The molecule has 0 fully saturated rings. The molecule has 0 aliphatic rings. The fraction of sp³-hybridized carbons (Fsp3) is 0.538. The van der Waals surface area contributed by atoms with Gasteiger partial charge in [-0.2, -0.15) is 11.8 Å². The van der Waals surface area contributed by atoms with E-state index in [1.165, 1.54) is 5.56 Å². The van der Waals surface area contributed by atoms with Gasteiger partial charge in [0.1, 0.15) is 5.75 Å². The summed E-state index contributed by atoms with van der Waals surface area (Å²) in [5.74, 6) is 1.75. The Morgan fingerprint density at radius 3 is 2.82 bits per heavy atom. The Labute approximate surface area is 113 Å². The Balaban J connectivity index is 2.65. The molecule has 2 nitrogen and oxygen atoms in total. The monoisotopic (exact) mass is 273 g/mol. The third-order valence-electron chi connectivity index (χ3n) is 2.51. The predicted molar refractivity (Wildman–Crippen MR) is 77.4 cm³/mol. The first-order valence-electron chi connectivity index (χ1n) is 5.83. The van der Waals surface area contributed by atoms with E-state index >= 15 is 0 Å². The Hall–Kier alpha value is -0.380. The number of hydrogen-bond donors (Lipinski definition) is 1. The van der Waals surface area contributed by atoms with Crippen molar-refractivity contribution in [2.24, 2.45) is 0 Å². The summed E-state index contributed by atoms with van der Waals surface area (Å²) in [5.41, 5.74) is 1.19. The summed E-state index contributed by atoms with van der Waals surface area (Å²) in [5, 5.41) is 4.05. The molecule has 1 N–H and O–H groups in total. The molecule has 1 unspecified atom stereocenters. The van der Waals surface area contributed by atoms with E-state index in [2.05, 4.69) is 31.5 Å². The van der Waals surface area contributed by atoms with Crippen LogP contribution in [0.2, 0.25) is 5.02 Å². The van der Waals surface area contributed by atoms with Crippen molar-refractivity contribution < 1.29 is 4.74 Å². The second-order valence-corrected chi connectivity index (χ2v) is 5.20. The number of benzene rings is 1. The van der Waals surface area contributed by atoms with Gasteiger partial charge in [0.15, 0.2) is 0 Å². The van der Waals surface area contributed by atoms with Gasteiger partial charge < -0.3 is 10.1 Å². The number of rotatable bonds is 7. The van der Waals surface area contributed by atoms with Crippen LogP contribution in [-0.4, -0.2) is 25.2 Å². The maximum absolute atomic E-state index is 6.19. The van der Waals surface area contributed by atoms with Crippen molar-refractivity contribution in [2.75, 3.05) is 25.2 Å². The molecule has 0 aliphatic carbocycles. The normalized spacial score (nSPS) is 12.5. The topological polar surface area (TPSA) is 21.3 Å². The molecule has 4 heteroatoms. The van der Waals surface area contributed by atoms with Crippen molar-refractivity contribution in [3.8, 4) is 5.75 Å². The molecule has 0 radical (unpaired) electrons. The van der Waals surface area contributed by atoms with Crippen molar-refractivity contribution >= 4 is 23.4 Å². The molecule has 0 spiro atoms. The van der Waals surface area contributed by atoms with Gasteiger partial charge in [-0.05, 0) is 37.4 Å². The molecule has 1 rings (SSSR count). The zero-order valence-electron chi connectivity index (χ0n) is 10.6. The lowest BCUT2D eigenvalue weighted by atomic mass is 10.1. The van der Waals surface area contributed by atoms with E-state index in [9.17, 15) is 0 Å². The number of halogens is 1. The van der Waals surface area contributed by atoms with Crippen LogP contribution in [0.25, 0.3) is 0 Å². The van der Waals surface area contributed by atoms with Crippen molar-refractivity contribution in [3.63, 3.8) is 0 Å². The Morgan fingerprint density at radius 1 is 1.47 bits per heavy atom. The van der Waals surface area contributed by atoms with Gasteiger partial charge in [-0.3, -0.25) is 0 Å². The van der Waals surface area contributed by atoms with Gasteiger partial charge in [-0.15, -0.1) is 0 Å². The highest BCUT2D eigenvalue weighted by Crippen LogP contribution is 2.27. The number of ether oxygens (including phenoxy) is 1. The van der Waals surface area contributed by atoms with Crippen LogP contribution in [0.4, 0.5) is 0 Å². The van der Waals surface area contributed by atoms with Crippen LogP contribution in [0.5, 0.6) is 5.75 Å². The smallest absolute Gasteiger partial charge is 0.137 e. The van der Waals surface area contributed by atoms with Gasteiger partial charge in [0.2, 0.25) is 0 Å². The van der Waals surface area contributed by atoms with E-state index in [-0.39, 0.29) is 0 Å². The molecule has 0 heterocycles. The van der Waals surface area contributed by atoms with Crippen LogP contribution in [-0.2, 0) is 0 Å². The molecule has 0 aliphatic heterocycles. The van der Waals surface area contributed by atoms with Crippen molar-refractivity contribution in [1.29, 1.82) is 0 Å². The molecule has 0 saturated heterocycles. The minimum atomic E-state index is 0.317. The Morgan fingerprint density at radius 2 is 2.24 bits per heavy atom. The number of nitrogens with one attached hydrogen (secondary N) is 1. The van der Waals surface area contributed by atoms with Crippen LogP contribution in [0.3, 0.4) is 0 Å². The second kappa shape index (κ2) is 7.85. The molecular weight excluding hydrogens is 254 g/mol. The molecular formula is C13H20ClNOS. The summed E-state index contributed by atoms with van der Waals surface area (Å²) in [7, 11) is 0. The molecule has 96 valence electrons. The predicted octanol–water partition coefficient (Wildman–Crippen LogP) is 3.75. The average Bonchev–Trinajstić information content (AvgIpc) is 2.31. The van der Waals surface area contributed by atoms with Crippen molar-refractivity contribution in [3.05, 3.63) is 28.8 Å². The number of thioether (sulfide) groups is 1. The third-order valence-corrected chi connectivity index (χ3v) is 3.38. The molecule has 0 aromatic heterocycles. The lowest BCUT2D eigenvalue weighted by Crippen LogP contribution is -2.17. The van der Waals surface area contributed by atoms with Crippen molar-refractivity contribution in [2.45, 2.75) is 19.9 Å². The summed E-state index contributed by atoms with van der Waals surface area (Å²) in [6.45, 7) is 5.87. The average molecular weight is 274 g/mol. The minimum absolute atomic E-state index is 0.317. The lowest BCUT2D eigenvalue weighted by Gasteiger charge is -2.14. The number of hydrogen-bond acceptors (Lipinski definition) is 3. The molecule has 0 amide bonds. The highest BCUT2D eigenvalue weighted by atomic mass is 35.5. The molecule has 0 bridgehead atoms. The fourth-order valence-electron chi connectivity index (χ4n) is 1.56. The fourth-order valence-corrected chi connectivity index (χ4v) is 2.06. The summed E-state index contributed by atoms with van der Waals surface area (Å²) >= 11 is 7.96. The van der Waals surface area contributed by atoms with Crippen molar-refractivity contribution in [1.82, 2.24) is 5.32 Å². The van der Waals surface area contributed by atoms with E-state index in [0.717, 1.165) is 18.0 Å². The summed E-state index contributed by atoms with van der Waals surface area (Å²) < 4.78 is 5.60. The van der Waals surface area contributed by atoms with Gasteiger partial charge in [0.05, 0.1) is 11.6 Å². The zero-order chi connectivity index (χ0) is 12.7. The van der Waals surface area contributed by atoms with E-state index in [1.54, 1.807) is 11.8 Å². The van der Waals surface area contributed by atoms with Crippen LogP contribution < -0.4 is 10.1 Å². The zero-order valence-corrected chi connectivity index (χ0v) is 12.2. The van der Waals surface area contributed by atoms with Gasteiger partial charge in [-0.1, -0.05) is 24.6 Å². The summed E-state index contributed by atoms with van der Waals surface area (Å²) in [6.07, 6.45) is 2.06. The van der Waals surface area contributed by atoms with Gasteiger partial charge in [0.25, 0.3) is 0 Å². The van der Waals surface area contributed by atoms with Crippen LogP contribution in [0.1, 0.15) is 25.5 Å². The van der Waals surface area contributed by atoms with E-state index in [0.29, 0.717) is 17.7 Å². The highest BCUT2D eigenvalue weighted by Gasteiger charge is 2.07. The molecule has 1 atom stereocenters. The first-order chi connectivity index (χ1) is 8.19. The van der Waals surface area contributed by atoms with Crippen LogP contribution in [0, 0.1) is 0 Å². The van der Waals surface area contributed by atoms with Gasteiger partial charge in [-0.25, -0.2) is 0 Å². The SMILES string of the molecule is CCNC(C)c1ccc(OCCSC)c(Cl)c1. The van der Waals surface area contributed by atoms with E-state index < -0.39 is 0 Å². The molecule has 1 aromatic rings. The van der Waals surface area contributed by atoms with Gasteiger partial charge >= 0.3 is 0 Å². The van der Waals surface area contributed by atoms with Crippen LogP contribution in [0.15, 0.2) is 18.2 Å². The van der Waals surface area contributed by atoms with Crippen LogP contribution >= 0.6 is 23.4 Å². The first kappa shape index (κ1) is 14.7. The first-order valence-corrected chi connectivity index (χ1v) is 7.60. The highest BCUT2D eigenvalue weighted by molar-refractivity contribution is 7.98. The maximum atomic E-state index is 6.19. The second-order valence-electron chi connectivity index (χ2n) is 3.81. The molecule has 1 aromatic carbocycles. The Kier molecular flexibility index (Phi) is 6.78. The summed E-state index contributed by atoms with van der Waals surface area (Å²) in [4.78, 5) is 0. The van der Waals surface area contributed by atoms with E-state index in [4.69, 9.17) is 16.3 Å². The molecule has 17 heavy (non-hydrogen) atoms. The maximum Gasteiger partial charge on any atom is 0.137 e. The lowest BCUT2D eigenvalue weighted by molar-refractivity contribution is 0.344. The largest absolute Gasteiger partial charge is 0.491 e. The third kappa shape index (κ3) is 4.78. The standard InChI is InChI=1S/C13H20ClNOS/c1-4-15-10(2)11-5-6-13(12(14)9-11)16-7-8-17-3/h5-6,9-10,15H,4,7-8H2,1-3H3. The quantitative estimate of drug-likeness (QED) is 0.765. The summed E-state index contributed by atoms with van der Waals surface area (Å²) in [6, 6.07) is 6.31. The Bertz CT molecular complexity index is 346. The minimum Gasteiger partial charge on any atom is -0.491 e. The van der Waals surface area contributed by atoms with E-state index in [1.807, 2.05) is 12.1 Å². The van der Waals surface area contributed by atoms with Gasteiger partial charge in [0, 0.05) is 11.8 Å².